The summed E-state index contributed by atoms with van der Waals surface area (Å²) in [6, 6.07) is 5.46. The van der Waals surface area contributed by atoms with Gasteiger partial charge in [0, 0.05) is 6.54 Å². The minimum atomic E-state index is -3.56. The van der Waals surface area contributed by atoms with Crippen molar-refractivity contribution in [3.8, 4) is 0 Å². The summed E-state index contributed by atoms with van der Waals surface area (Å²) < 4.78 is 38.9. The molecule has 1 aromatic rings. The molecule has 0 amide bonds. The zero-order valence-electron chi connectivity index (χ0n) is 11.1. The predicted octanol–water partition coefficient (Wildman–Crippen LogP) is 1.65. The van der Waals surface area contributed by atoms with E-state index in [1.807, 2.05) is 13.8 Å². The number of hydrogen-bond donors (Lipinski definition) is 2. The molecule has 0 aliphatic rings. The maximum absolute atomic E-state index is 13.0. The third-order valence-electron chi connectivity index (χ3n) is 3.06. The van der Waals surface area contributed by atoms with E-state index in [1.54, 1.807) is 6.07 Å². The standard InChI is InChI=1S/C13H20FNO3S/c1-3-10(2)13(16)8-15-19(17,18)9-11-5-4-6-12(14)7-11/h4-7,10,13,15-16H,3,8-9H2,1-2H3. The molecule has 0 heterocycles. The molecule has 1 aromatic carbocycles. The lowest BCUT2D eigenvalue weighted by Gasteiger charge is -2.17. The first-order valence-electron chi connectivity index (χ1n) is 6.24. The summed E-state index contributed by atoms with van der Waals surface area (Å²) in [4.78, 5) is 0. The monoisotopic (exact) mass is 289 g/mol. The molecule has 0 saturated heterocycles. The highest BCUT2D eigenvalue weighted by molar-refractivity contribution is 7.88. The molecule has 19 heavy (non-hydrogen) atoms. The second-order valence-electron chi connectivity index (χ2n) is 4.69. The van der Waals surface area contributed by atoms with Crippen molar-refractivity contribution in [3.05, 3.63) is 35.6 Å². The van der Waals surface area contributed by atoms with E-state index in [9.17, 15) is 17.9 Å². The Labute approximate surface area is 113 Å². The number of nitrogens with one attached hydrogen (secondary N) is 1. The van der Waals surface area contributed by atoms with Gasteiger partial charge in [0.1, 0.15) is 5.82 Å². The van der Waals surface area contributed by atoms with E-state index in [0.29, 0.717) is 5.56 Å². The van der Waals surface area contributed by atoms with Gasteiger partial charge in [-0.25, -0.2) is 17.5 Å². The molecule has 2 N–H and O–H groups in total. The molecule has 0 aliphatic heterocycles. The first-order valence-corrected chi connectivity index (χ1v) is 7.89. The second-order valence-corrected chi connectivity index (χ2v) is 6.50. The summed E-state index contributed by atoms with van der Waals surface area (Å²) in [5.74, 6) is -0.734. The maximum atomic E-state index is 13.0. The Hall–Kier alpha value is -0.980. The van der Waals surface area contributed by atoms with Gasteiger partial charge in [0.2, 0.25) is 10.0 Å². The molecule has 0 aliphatic carbocycles. The highest BCUT2D eigenvalue weighted by Crippen LogP contribution is 2.09. The average molecular weight is 289 g/mol. The third kappa shape index (κ3) is 5.67. The van der Waals surface area contributed by atoms with Gasteiger partial charge in [0.05, 0.1) is 11.9 Å². The summed E-state index contributed by atoms with van der Waals surface area (Å²) in [6.07, 6.45) is 0.0551. The number of aliphatic hydroxyl groups excluding tert-OH is 1. The molecule has 0 radical (unpaired) electrons. The minimum absolute atomic E-state index is 0.0212. The van der Waals surface area contributed by atoms with Crippen LogP contribution in [0.15, 0.2) is 24.3 Å². The van der Waals surface area contributed by atoms with Crippen LogP contribution in [0.3, 0.4) is 0 Å². The number of sulfonamides is 1. The van der Waals surface area contributed by atoms with Gasteiger partial charge in [0.25, 0.3) is 0 Å². The summed E-state index contributed by atoms with van der Waals surface area (Å²) in [7, 11) is -3.56. The van der Waals surface area contributed by atoms with Crippen LogP contribution >= 0.6 is 0 Å². The predicted molar refractivity (Wildman–Crippen MR) is 72.5 cm³/mol. The molecule has 0 fully saturated rings. The third-order valence-corrected chi connectivity index (χ3v) is 4.38. The van der Waals surface area contributed by atoms with Gasteiger partial charge >= 0.3 is 0 Å². The molecule has 0 aromatic heterocycles. The molecule has 2 atom stereocenters. The summed E-state index contributed by atoms with van der Waals surface area (Å²) in [6.45, 7) is 3.76. The zero-order chi connectivity index (χ0) is 14.5. The van der Waals surface area contributed by atoms with Gasteiger partial charge in [0.15, 0.2) is 0 Å². The fourth-order valence-electron chi connectivity index (χ4n) is 1.58. The molecule has 0 saturated carbocycles. The van der Waals surface area contributed by atoms with Gasteiger partial charge in [-0.2, -0.15) is 0 Å². The van der Waals surface area contributed by atoms with Crippen molar-refractivity contribution in [3.63, 3.8) is 0 Å². The Morgan fingerprint density at radius 3 is 2.68 bits per heavy atom. The van der Waals surface area contributed by atoms with Crippen LogP contribution in [0.5, 0.6) is 0 Å². The Morgan fingerprint density at radius 1 is 1.42 bits per heavy atom. The average Bonchev–Trinajstić information content (AvgIpc) is 2.34. The number of hydrogen-bond acceptors (Lipinski definition) is 3. The Bertz CT molecular complexity index is 504. The van der Waals surface area contributed by atoms with E-state index in [1.165, 1.54) is 18.2 Å². The lowest BCUT2D eigenvalue weighted by Crippen LogP contribution is -2.36. The number of aliphatic hydroxyl groups is 1. The van der Waals surface area contributed by atoms with Crippen molar-refractivity contribution in [2.24, 2.45) is 5.92 Å². The van der Waals surface area contributed by atoms with E-state index >= 15 is 0 Å². The van der Waals surface area contributed by atoms with E-state index in [2.05, 4.69) is 4.72 Å². The van der Waals surface area contributed by atoms with Crippen molar-refractivity contribution >= 4 is 10.0 Å². The molecule has 0 bridgehead atoms. The first-order chi connectivity index (χ1) is 8.84. The maximum Gasteiger partial charge on any atom is 0.215 e. The largest absolute Gasteiger partial charge is 0.391 e. The van der Waals surface area contributed by atoms with Crippen LogP contribution < -0.4 is 4.72 Å². The fourth-order valence-corrected chi connectivity index (χ4v) is 2.73. The number of benzene rings is 1. The summed E-state index contributed by atoms with van der Waals surface area (Å²) >= 11 is 0. The molecule has 1 rings (SSSR count). The van der Waals surface area contributed by atoms with Crippen molar-refractivity contribution in [2.45, 2.75) is 32.1 Å². The van der Waals surface area contributed by atoms with Crippen molar-refractivity contribution in [1.82, 2.24) is 4.72 Å². The number of halogens is 1. The smallest absolute Gasteiger partial charge is 0.215 e. The van der Waals surface area contributed by atoms with Crippen LogP contribution in [0.1, 0.15) is 25.8 Å². The van der Waals surface area contributed by atoms with Crippen molar-refractivity contribution in [2.75, 3.05) is 6.54 Å². The van der Waals surface area contributed by atoms with Crippen LogP contribution in [-0.4, -0.2) is 26.2 Å². The van der Waals surface area contributed by atoms with Crippen LogP contribution in [0.25, 0.3) is 0 Å². The SMILES string of the molecule is CCC(C)C(O)CNS(=O)(=O)Cc1cccc(F)c1. The van der Waals surface area contributed by atoms with Crippen LogP contribution in [-0.2, 0) is 15.8 Å². The Balaban J connectivity index is 2.57. The molecule has 4 nitrogen and oxygen atoms in total. The molecular formula is C13H20FNO3S. The second kappa shape index (κ2) is 6.98. The van der Waals surface area contributed by atoms with E-state index < -0.39 is 21.9 Å². The van der Waals surface area contributed by atoms with E-state index in [-0.39, 0.29) is 18.2 Å². The van der Waals surface area contributed by atoms with Crippen molar-refractivity contribution in [1.29, 1.82) is 0 Å². The van der Waals surface area contributed by atoms with Gasteiger partial charge in [-0.1, -0.05) is 32.4 Å². The molecule has 6 heteroatoms. The molecule has 108 valence electrons. The summed E-state index contributed by atoms with van der Waals surface area (Å²) in [5, 5.41) is 9.70. The summed E-state index contributed by atoms with van der Waals surface area (Å²) in [5.41, 5.74) is 0.380. The quantitative estimate of drug-likeness (QED) is 0.802. The minimum Gasteiger partial charge on any atom is -0.391 e. The highest BCUT2D eigenvalue weighted by Gasteiger charge is 2.17. The molecular weight excluding hydrogens is 269 g/mol. The van der Waals surface area contributed by atoms with Crippen molar-refractivity contribution < 1.29 is 17.9 Å². The fraction of sp³-hybridized carbons (Fsp3) is 0.538. The zero-order valence-corrected chi connectivity index (χ0v) is 12.0. The molecule has 0 spiro atoms. The topological polar surface area (TPSA) is 66.4 Å². The van der Waals surface area contributed by atoms with Crippen LogP contribution in [0.2, 0.25) is 0 Å². The highest BCUT2D eigenvalue weighted by atomic mass is 32.2. The first kappa shape index (κ1) is 16.1. The van der Waals surface area contributed by atoms with E-state index in [4.69, 9.17) is 0 Å². The number of rotatable bonds is 7. The van der Waals surface area contributed by atoms with E-state index in [0.717, 1.165) is 6.42 Å². The van der Waals surface area contributed by atoms with Crippen LogP contribution in [0.4, 0.5) is 4.39 Å². The van der Waals surface area contributed by atoms with Gasteiger partial charge < -0.3 is 5.11 Å². The molecule has 2 unspecified atom stereocenters. The Kier molecular flexibility index (Phi) is 5.90. The van der Waals surface area contributed by atoms with Gasteiger partial charge in [-0.15, -0.1) is 0 Å². The lowest BCUT2D eigenvalue weighted by molar-refractivity contribution is 0.118. The van der Waals surface area contributed by atoms with Crippen LogP contribution in [0, 0.1) is 11.7 Å². The Morgan fingerprint density at radius 2 is 2.11 bits per heavy atom. The normalized spacial score (nSPS) is 15.2. The lowest BCUT2D eigenvalue weighted by atomic mass is 10.0. The van der Waals surface area contributed by atoms with Gasteiger partial charge in [-0.3, -0.25) is 0 Å². The van der Waals surface area contributed by atoms with Gasteiger partial charge in [-0.05, 0) is 23.6 Å².